The SMILES string of the molecule is CC1(C)c2ccccc2-c2cc3c(cc21)c1ccc(-n2c4ccccc4c4ccccc42)cc1n3-c1ccc2c(c1)C(=O)c1ccccc1-2. The Labute approximate surface area is 283 Å². The number of rotatable bonds is 2. The van der Waals surface area contributed by atoms with Crippen molar-refractivity contribution in [1.29, 1.82) is 0 Å². The van der Waals surface area contributed by atoms with Crippen LogP contribution in [0.5, 0.6) is 0 Å². The van der Waals surface area contributed by atoms with Gasteiger partial charge in [0.2, 0.25) is 0 Å². The van der Waals surface area contributed by atoms with Crippen LogP contribution >= 0.6 is 0 Å². The summed E-state index contributed by atoms with van der Waals surface area (Å²) in [6, 6.07) is 52.2. The van der Waals surface area contributed by atoms with Crippen LogP contribution in [0.15, 0.2) is 146 Å². The van der Waals surface area contributed by atoms with Gasteiger partial charge >= 0.3 is 0 Å². The molecule has 0 bridgehead atoms. The molecule has 0 amide bonds. The Morgan fingerprint density at radius 1 is 0.388 bits per heavy atom. The molecule has 2 aliphatic carbocycles. The third kappa shape index (κ3) is 3.39. The number of carbonyl (C=O) groups is 1. The van der Waals surface area contributed by atoms with Crippen molar-refractivity contribution in [2.45, 2.75) is 19.3 Å². The van der Waals surface area contributed by atoms with E-state index in [0.29, 0.717) is 0 Å². The molecule has 0 saturated heterocycles. The predicted molar refractivity (Wildman–Crippen MR) is 202 cm³/mol. The van der Waals surface area contributed by atoms with E-state index >= 15 is 0 Å². The number of benzene rings is 7. The van der Waals surface area contributed by atoms with E-state index in [9.17, 15) is 4.79 Å². The van der Waals surface area contributed by atoms with E-state index in [1.807, 2.05) is 18.2 Å². The van der Waals surface area contributed by atoms with Crippen molar-refractivity contribution in [3.8, 4) is 33.6 Å². The Balaban J connectivity index is 1.24. The van der Waals surface area contributed by atoms with E-state index in [2.05, 4.69) is 150 Å². The average Bonchev–Trinajstić information content (AvgIpc) is 3.81. The Morgan fingerprint density at radius 3 is 1.71 bits per heavy atom. The zero-order chi connectivity index (χ0) is 32.6. The molecule has 2 heterocycles. The van der Waals surface area contributed by atoms with Crippen LogP contribution in [0.1, 0.15) is 40.9 Å². The minimum absolute atomic E-state index is 0.0933. The van der Waals surface area contributed by atoms with Crippen LogP contribution in [0.3, 0.4) is 0 Å². The topological polar surface area (TPSA) is 26.9 Å². The van der Waals surface area contributed by atoms with Crippen molar-refractivity contribution < 1.29 is 4.79 Å². The molecule has 0 unspecified atom stereocenters. The van der Waals surface area contributed by atoms with Gasteiger partial charge in [0, 0.05) is 49.5 Å². The monoisotopic (exact) mass is 626 g/mol. The van der Waals surface area contributed by atoms with Crippen LogP contribution in [0, 0.1) is 0 Å². The molecule has 3 heteroatoms. The van der Waals surface area contributed by atoms with Crippen molar-refractivity contribution in [3.05, 3.63) is 168 Å². The lowest BCUT2D eigenvalue weighted by Gasteiger charge is -2.21. The number of hydrogen-bond donors (Lipinski definition) is 0. The molecule has 11 rings (SSSR count). The Morgan fingerprint density at radius 2 is 0.939 bits per heavy atom. The molecule has 0 saturated carbocycles. The first-order chi connectivity index (χ1) is 24.0. The zero-order valence-corrected chi connectivity index (χ0v) is 27.2. The number of ketones is 1. The summed E-state index contributed by atoms with van der Waals surface area (Å²) in [4.78, 5) is 13.7. The van der Waals surface area contributed by atoms with Gasteiger partial charge in [0.05, 0.1) is 22.1 Å². The highest BCUT2D eigenvalue weighted by Gasteiger charge is 2.36. The van der Waals surface area contributed by atoms with Crippen LogP contribution in [-0.2, 0) is 5.41 Å². The number of carbonyl (C=O) groups excluding carboxylic acids is 1. The van der Waals surface area contributed by atoms with E-state index in [1.54, 1.807) is 0 Å². The van der Waals surface area contributed by atoms with E-state index in [1.165, 1.54) is 54.8 Å². The summed E-state index contributed by atoms with van der Waals surface area (Å²) >= 11 is 0. The highest BCUT2D eigenvalue weighted by molar-refractivity contribution is 6.22. The third-order valence-electron chi connectivity index (χ3n) is 11.3. The fourth-order valence-corrected chi connectivity index (χ4v) is 8.97. The summed E-state index contributed by atoms with van der Waals surface area (Å²) in [5.41, 5.74) is 15.5. The number of nitrogens with zero attached hydrogens (tertiary/aromatic N) is 2. The molecule has 0 fully saturated rings. The van der Waals surface area contributed by atoms with Crippen LogP contribution in [0.2, 0.25) is 0 Å². The van der Waals surface area contributed by atoms with Crippen LogP contribution in [0.4, 0.5) is 0 Å². The first-order valence-electron chi connectivity index (χ1n) is 17.0. The lowest BCUT2D eigenvalue weighted by Crippen LogP contribution is -2.14. The van der Waals surface area contributed by atoms with E-state index in [4.69, 9.17) is 0 Å². The molecule has 0 radical (unpaired) electrons. The largest absolute Gasteiger partial charge is 0.309 e. The fraction of sp³-hybridized carbons (Fsp3) is 0.0652. The Bertz CT molecular complexity index is 2880. The normalized spacial score (nSPS) is 14.1. The van der Waals surface area contributed by atoms with E-state index in [0.717, 1.165) is 44.7 Å². The maximum atomic E-state index is 13.7. The van der Waals surface area contributed by atoms with Gasteiger partial charge in [0.25, 0.3) is 0 Å². The first kappa shape index (κ1) is 26.8. The third-order valence-corrected chi connectivity index (χ3v) is 11.3. The molecule has 49 heavy (non-hydrogen) atoms. The highest BCUT2D eigenvalue weighted by atomic mass is 16.1. The summed E-state index contributed by atoms with van der Waals surface area (Å²) in [5, 5.41) is 4.91. The summed E-state index contributed by atoms with van der Waals surface area (Å²) in [6.07, 6.45) is 0. The van der Waals surface area contributed by atoms with E-state index in [-0.39, 0.29) is 11.2 Å². The molecule has 7 aromatic carbocycles. The molecule has 9 aromatic rings. The van der Waals surface area contributed by atoms with Gasteiger partial charge in [-0.15, -0.1) is 0 Å². The number of fused-ring (bicyclic) bond motifs is 12. The molecule has 0 atom stereocenters. The maximum Gasteiger partial charge on any atom is 0.194 e. The Hall–Kier alpha value is -6.19. The van der Waals surface area contributed by atoms with Gasteiger partial charge in [-0.3, -0.25) is 4.79 Å². The van der Waals surface area contributed by atoms with Gasteiger partial charge < -0.3 is 9.13 Å². The summed E-state index contributed by atoms with van der Waals surface area (Å²) in [5.74, 6) is 0.0933. The zero-order valence-electron chi connectivity index (χ0n) is 27.2. The Kier molecular flexibility index (Phi) is 5.06. The summed E-state index contributed by atoms with van der Waals surface area (Å²) < 4.78 is 4.77. The van der Waals surface area contributed by atoms with Crippen molar-refractivity contribution in [2.24, 2.45) is 0 Å². The highest BCUT2D eigenvalue weighted by Crippen LogP contribution is 2.51. The second kappa shape index (κ2) is 9.24. The van der Waals surface area contributed by atoms with Crippen LogP contribution < -0.4 is 0 Å². The summed E-state index contributed by atoms with van der Waals surface area (Å²) in [7, 11) is 0. The van der Waals surface area contributed by atoms with Crippen LogP contribution in [0.25, 0.3) is 77.2 Å². The molecule has 0 aliphatic heterocycles. The predicted octanol–water partition coefficient (Wildman–Crippen LogP) is 11.4. The fourth-order valence-electron chi connectivity index (χ4n) is 8.97. The maximum absolute atomic E-state index is 13.7. The standard InChI is InChI=1S/C46H30N2O/c1-46(2)39-16-8-5-12-31(39)36-26-44-37(25-40(36)46)34-22-20-28(47-41-17-9-6-13-32(41)33-14-7-10-18-42(33)47)24-43(34)48(44)27-19-21-30-29-11-3-4-15-35(29)45(49)38(30)23-27/h3-26H,1-2H3. The molecule has 230 valence electrons. The quantitative estimate of drug-likeness (QED) is 0.188. The van der Waals surface area contributed by atoms with Gasteiger partial charge in [0.15, 0.2) is 5.78 Å². The minimum atomic E-state index is -0.108. The molecular formula is C46H30N2O. The minimum Gasteiger partial charge on any atom is -0.309 e. The van der Waals surface area contributed by atoms with Gasteiger partial charge in [-0.2, -0.15) is 0 Å². The molecule has 3 nitrogen and oxygen atoms in total. The summed E-state index contributed by atoms with van der Waals surface area (Å²) in [6.45, 7) is 4.68. The number of aromatic nitrogens is 2. The molecular weight excluding hydrogens is 597 g/mol. The van der Waals surface area contributed by atoms with Gasteiger partial charge in [-0.25, -0.2) is 0 Å². The first-order valence-corrected chi connectivity index (χ1v) is 17.0. The van der Waals surface area contributed by atoms with Gasteiger partial charge in [-0.1, -0.05) is 111 Å². The van der Waals surface area contributed by atoms with Crippen molar-refractivity contribution in [2.75, 3.05) is 0 Å². The second-order valence-electron chi connectivity index (χ2n) is 14.1. The van der Waals surface area contributed by atoms with E-state index < -0.39 is 0 Å². The lowest BCUT2D eigenvalue weighted by molar-refractivity contribution is 0.104. The van der Waals surface area contributed by atoms with Crippen molar-refractivity contribution in [3.63, 3.8) is 0 Å². The van der Waals surface area contributed by atoms with Crippen molar-refractivity contribution in [1.82, 2.24) is 9.13 Å². The smallest absolute Gasteiger partial charge is 0.194 e. The van der Waals surface area contributed by atoms with Gasteiger partial charge in [-0.05, 0) is 81.9 Å². The second-order valence-corrected chi connectivity index (χ2v) is 14.1. The lowest BCUT2D eigenvalue weighted by atomic mass is 9.82. The number of para-hydroxylation sites is 2. The van der Waals surface area contributed by atoms with Gasteiger partial charge in [0.1, 0.15) is 0 Å². The average molecular weight is 627 g/mol. The van der Waals surface area contributed by atoms with Crippen LogP contribution in [-0.4, -0.2) is 14.9 Å². The number of hydrogen-bond acceptors (Lipinski definition) is 1. The van der Waals surface area contributed by atoms with Crippen molar-refractivity contribution >= 4 is 49.4 Å². The molecule has 2 aromatic heterocycles. The molecule has 2 aliphatic rings. The molecule has 0 spiro atoms. The molecule has 0 N–H and O–H groups in total.